The van der Waals surface area contributed by atoms with Crippen molar-refractivity contribution in [1.82, 2.24) is 4.90 Å². The molecule has 0 bridgehead atoms. The highest BCUT2D eigenvalue weighted by atomic mass is 15.2. The first-order valence-corrected chi connectivity index (χ1v) is 8.42. The van der Waals surface area contributed by atoms with Gasteiger partial charge in [-0.3, -0.25) is 4.90 Å². The van der Waals surface area contributed by atoms with Gasteiger partial charge in [-0.05, 0) is 43.6 Å². The molecule has 0 aromatic rings. The Morgan fingerprint density at radius 2 is 1.63 bits per heavy atom. The van der Waals surface area contributed by atoms with Crippen LogP contribution in [0.2, 0.25) is 0 Å². The second-order valence-corrected chi connectivity index (χ2v) is 7.57. The van der Waals surface area contributed by atoms with E-state index in [4.69, 9.17) is 0 Å². The number of nitrogens with zero attached hydrogens (tertiary/aromatic N) is 1. The molecule has 0 aromatic heterocycles. The summed E-state index contributed by atoms with van der Waals surface area (Å²) in [5.41, 5.74) is 3.57. The normalized spacial score (nSPS) is 29.5. The maximum absolute atomic E-state index is 2.86. The van der Waals surface area contributed by atoms with Gasteiger partial charge in [-0.1, -0.05) is 59.1 Å². The molecule has 19 heavy (non-hydrogen) atoms. The smallest absolute Gasteiger partial charge is 0.0338 e. The summed E-state index contributed by atoms with van der Waals surface area (Å²) in [6, 6.07) is 1.54. The molecule has 1 saturated heterocycles. The molecule has 1 nitrogen and oxygen atoms in total. The van der Waals surface area contributed by atoms with Crippen LogP contribution in [0.4, 0.5) is 0 Å². The predicted molar refractivity (Wildman–Crippen MR) is 84.3 cm³/mol. The van der Waals surface area contributed by atoms with Crippen LogP contribution in [0, 0.1) is 17.8 Å². The van der Waals surface area contributed by atoms with Crippen molar-refractivity contribution in [2.45, 2.75) is 79.3 Å². The van der Waals surface area contributed by atoms with Crippen molar-refractivity contribution < 1.29 is 0 Å². The Labute approximate surface area is 120 Å². The van der Waals surface area contributed by atoms with E-state index in [1.165, 1.54) is 32.2 Å². The molecular weight excluding hydrogens is 230 g/mol. The second-order valence-electron chi connectivity index (χ2n) is 7.57. The maximum atomic E-state index is 2.86. The fraction of sp³-hybridized carbons (Fsp3) is 0.889. The van der Waals surface area contributed by atoms with E-state index in [1.807, 2.05) is 0 Å². The fourth-order valence-corrected chi connectivity index (χ4v) is 4.37. The minimum atomic E-state index is 0.702. The number of fused-ring (bicyclic) bond motifs is 1. The van der Waals surface area contributed by atoms with Crippen molar-refractivity contribution in [3.05, 3.63) is 11.1 Å². The Kier molecular flexibility index (Phi) is 4.76. The molecule has 1 fully saturated rings. The SMILES string of the molecule is CC(C)C1=C(C(C)C)C(C(C)C)N2CCCCC2C1. The van der Waals surface area contributed by atoms with Crippen LogP contribution in [0.1, 0.15) is 67.2 Å². The van der Waals surface area contributed by atoms with Crippen molar-refractivity contribution in [2.24, 2.45) is 17.8 Å². The van der Waals surface area contributed by atoms with Crippen molar-refractivity contribution in [2.75, 3.05) is 6.54 Å². The molecule has 0 spiro atoms. The Hall–Kier alpha value is -0.300. The van der Waals surface area contributed by atoms with Gasteiger partial charge < -0.3 is 0 Å². The highest BCUT2D eigenvalue weighted by Gasteiger charge is 2.39. The largest absolute Gasteiger partial charge is 0.293 e. The fourth-order valence-electron chi connectivity index (χ4n) is 4.37. The second kappa shape index (κ2) is 5.99. The molecule has 2 aliphatic rings. The molecule has 2 atom stereocenters. The highest BCUT2D eigenvalue weighted by Crippen LogP contribution is 2.41. The predicted octanol–water partition coefficient (Wildman–Crippen LogP) is 4.88. The van der Waals surface area contributed by atoms with Gasteiger partial charge in [-0.2, -0.15) is 0 Å². The van der Waals surface area contributed by atoms with Crippen LogP contribution in [-0.4, -0.2) is 23.5 Å². The van der Waals surface area contributed by atoms with Gasteiger partial charge in [-0.15, -0.1) is 0 Å². The first-order valence-electron chi connectivity index (χ1n) is 8.42. The Morgan fingerprint density at radius 3 is 2.16 bits per heavy atom. The van der Waals surface area contributed by atoms with Crippen molar-refractivity contribution in [3.63, 3.8) is 0 Å². The van der Waals surface area contributed by atoms with E-state index >= 15 is 0 Å². The monoisotopic (exact) mass is 263 g/mol. The summed E-state index contributed by atoms with van der Waals surface area (Å²) in [5, 5.41) is 0. The molecule has 0 N–H and O–H groups in total. The third kappa shape index (κ3) is 2.91. The maximum Gasteiger partial charge on any atom is 0.0338 e. The molecular formula is C18H33N. The van der Waals surface area contributed by atoms with Crippen LogP contribution in [0.15, 0.2) is 11.1 Å². The molecule has 2 heterocycles. The summed E-state index contributed by atoms with van der Waals surface area (Å²) in [5.74, 6) is 2.17. The standard InChI is InChI=1S/C18H33N/c1-12(2)16-11-15-9-7-8-10-19(15)18(14(5)6)17(16)13(3)4/h12-15,18H,7-11H2,1-6H3. The van der Waals surface area contributed by atoms with E-state index in [-0.39, 0.29) is 0 Å². The summed E-state index contributed by atoms with van der Waals surface area (Å²) in [6.07, 6.45) is 5.61. The lowest BCUT2D eigenvalue weighted by Crippen LogP contribution is -2.53. The topological polar surface area (TPSA) is 3.24 Å². The number of hydrogen-bond acceptors (Lipinski definition) is 1. The van der Waals surface area contributed by atoms with Crippen LogP contribution in [0.5, 0.6) is 0 Å². The molecule has 0 saturated carbocycles. The average molecular weight is 263 g/mol. The number of hydrogen-bond donors (Lipinski definition) is 0. The van der Waals surface area contributed by atoms with E-state index in [2.05, 4.69) is 46.4 Å². The summed E-state index contributed by atoms with van der Waals surface area (Å²) in [4.78, 5) is 2.86. The van der Waals surface area contributed by atoms with Crippen LogP contribution < -0.4 is 0 Å². The average Bonchev–Trinajstić information content (AvgIpc) is 2.35. The molecule has 2 unspecified atom stereocenters. The Bertz CT molecular complexity index is 338. The molecule has 0 amide bonds. The Balaban J connectivity index is 2.43. The van der Waals surface area contributed by atoms with Gasteiger partial charge in [0.05, 0.1) is 0 Å². The molecule has 2 rings (SSSR count). The van der Waals surface area contributed by atoms with Gasteiger partial charge in [0.25, 0.3) is 0 Å². The number of piperidine rings is 1. The van der Waals surface area contributed by atoms with Gasteiger partial charge in [0.1, 0.15) is 0 Å². The van der Waals surface area contributed by atoms with Crippen LogP contribution in [0.3, 0.4) is 0 Å². The van der Waals surface area contributed by atoms with E-state index in [1.54, 1.807) is 11.1 Å². The third-order valence-corrected chi connectivity index (χ3v) is 5.13. The van der Waals surface area contributed by atoms with Gasteiger partial charge in [0.2, 0.25) is 0 Å². The van der Waals surface area contributed by atoms with Crippen molar-refractivity contribution in [1.29, 1.82) is 0 Å². The molecule has 0 aliphatic carbocycles. The zero-order valence-corrected chi connectivity index (χ0v) is 13.9. The van der Waals surface area contributed by atoms with Crippen LogP contribution in [-0.2, 0) is 0 Å². The van der Waals surface area contributed by atoms with E-state index in [0.29, 0.717) is 12.0 Å². The summed E-state index contributed by atoms with van der Waals surface area (Å²) >= 11 is 0. The zero-order valence-electron chi connectivity index (χ0n) is 13.9. The molecule has 0 aromatic carbocycles. The van der Waals surface area contributed by atoms with Gasteiger partial charge in [0, 0.05) is 12.1 Å². The van der Waals surface area contributed by atoms with Crippen molar-refractivity contribution >= 4 is 0 Å². The minimum absolute atomic E-state index is 0.702. The van der Waals surface area contributed by atoms with E-state index in [0.717, 1.165) is 17.9 Å². The number of rotatable bonds is 3. The first kappa shape index (κ1) is 15.1. The lowest BCUT2D eigenvalue weighted by atomic mass is 9.73. The van der Waals surface area contributed by atoms with E-state index in [9.17, 15) is 0 Å². The minimum Gasteiger partial charge on any atom is -0.293 e. The van der Waals surface area contributed by atoms with Crippen LogP contribution >= 0.6 is 0 Å². The lowest BCUT2D eigenvalue weighted by molar-refractivity contribution is 0.0676. The summed E-state index contributed by atoms with van der Waals surface area (Å²) in [7, 11) is 0. The molecule has 2 aliphatic heterocycles. The molecule has 110 valence electrons. The van der Waals surface area contributed by atoms with Gasteiger partial charge in [-0.25, -0.2) is 0 Å². The summed E-state index contributed by atoms with van der Waals surface area (Å²) < 4.78 is 0. The first-order chi connectivity index (χ1) is 8.93. The highest BCUT2D eigenvalue weighted by molar-refractivity contribution is 5.29. The molecule has 0 radical (unpaired) electrons. The van der Waals surface area contributed by atoms with Crippen LogP contribution in [0.25, 0.3) is 0 Å². The zero-order chi connectivity index (χ0) is 14.2. The lowest BCUT2D eigenvalue weighted by Gasteiger charge is -2.50. The quantitative estimate of drug-likeness (QED) is 0.656. The Morgan fingerprint density at radius 1 is 0.947 bits per heavy atom. The summed E-state index contributed by atoms with van der Waals surface area (Å²) in [6.45, 7) is 15.8. The molecule has 1 heteroatoms. The van der Waals surface area contributed by atoms with Gasteiger partial charge in [0.15, 0.2) is 0 Å². The van der Waals surface area contributed by atoms with E-state index < -0.39 is 0 Å². The van der Waals surface area contributed by atoms with Gasteiger partial charge >= 0.3 is 0 Å². The third-order valence-electron chi connectivity index (χ3n) is 5.13. The van der Waals surface area contributed by atoms with Crippen molar-refractivity contribution in [3.8, 4) is 0 Å².